The molecule has 7 heteroatoms. The predicted molar refractivity (Wildman–Crippen MR) is 116 cm³/mol. The average Bonchev–Trinajstić information content (AvgIpc) is 3.38. The van der Waals surface area contributed by atoms with Crippen LogP contribution in [-0.4, -0.2) is 73.6 Å². The Bertz CT molecular complexity index is 879. The molecule has 0 aliphatic carbocycles. The van der Waals surface area contributed by atoms with Gasteiger partial charge in [0, 0.05) is 37.3 Å². The van der Waals surface area contributed by atoms with Crippen molar-refractivity contribution >= 4 is 0 Å². The average molecular weight is 433 g/mol. The summed E-state index contributed by atoms with van der Waals surface area (Å²) in [6, 6.07) is 10.1. The number of benzene rings is 2. The SMILES string of the molecule is COc1ccc(F)cc1-c1ccc(OCCN2CCCC2)c(CN2C[C@@H](O)[C@H](F)C2)c1. The van der Waals surface area contributed by atoms with Gasteiger partial charge in [-0.15, -0.1) is 0 Å². The van der Waals surface area contributed by atoms with Gasteiger partial charge in [0.25, 0.3) is 0 Å². The van der Waals surface area contributed by atoms with Crippen molar-refractivity contribution in [2.24, 2.45) is 0 Å². The molecule has 0 amide bonds. The summed E-state index contributed by atoms with van der Waals surface area (Å²) in [6.07, 6.45) is 0.255. The Morgan fingerprint density at radius 1 is 1.03 bits per heavy atom. The molecule has 168 valence electrons. The van der Waals surface area contributed by atoms with Crippen LogP contribution in [0.3, 0.4) is 0 Å². The van der Waals surface area contributed by atoms with E-state index in [1.807, 2.05) is 23.1 Å². The molecule has 2 heterocycles. The lowest BCUT2D eigenvalue weighted by atomic mass is 10.0. The molecule has 2 aliphatic rings. The number of methoxy groups -OCH3 is 1. The van der Waals surface area contributed by atoms with E-state index in [2.05, 4.69) is 4.90 Å². The van der Waals surface area contributed by atoms with Crippen LogP contribution >= 0.6 is 0 Å². The smallest absolute Gasteiger partial charge is 0.140 e. The first-order chi connectivity index (χ1) is 15.0. The van der Waals surface area contributed by atoms with Crippen LogP contribution in [0, 0.1) is 5.82 Å². The van der Waals surface area contributed by atoms with Crippen molar-refractivity contribution in [3.8, 4) is 22.6 Å². The Balaban J connectivity index is 1.57. The fraction of sp³-hybridized carbons (Fsp3) is 0.500. The van der Waals surface area contributed by atoms with Crippen LogP contribution in [0.15, 0.2) is 36.4 Å². The first-order valence-corrected chi connectivity index (χ1v) is 10.9. The minimum absolute atomic E-state index is 0.182. The van der Waals surface area contributed by atoms with Crippen LogP contribution in [0.4, 0.5) is 8.78 Å². The van der Waals surface area contributed by atoms with Gasteiger partial charge in [0.15, 0.2) is 0 Å². The number of alkyl halides is 1. The summed E-state index contributed by atoms with van der Waals surface area (Å²) in [5, 5.41) is 9.80. The molecule has 2 saturated heterocycles. The van der Waals surface area contributed by atoms with Crippen LogP contribution in [0.1, 0.15) is 18.4 Å². The molecule has 2 fully saturated rings. The standard InChI is InChI=1S/C24H30F2N2O3/c1-30-24-7-5-19(25)13-20(24)17-4-6-23(31-11-10-27-8-2-3-9-27)18(12-17)14-28-15-21(26)22(29)16-28/h4-7,12-13,21-22,29H,2-3,8-11,14-16H2,1H3/t21-,22-/m1/s1. The third kappa shape index (κ3) is 5.34. The highest BCUT2D eigenvalue weighted by Gasteiger charge is 2.31. The molecule has 0 aromatic heterocycles. The highest BCUT2D eigenvalue weighted by Crippen LogP contribution is 2.34. The van der Waals surface area contributed by atoms with Gasteiger partial charge in [-0.2, -0.15) is 0 Å². The Kier molecular flexibility index (Phi) is 7.05. The Labute approximate surface area is 182 Å². The molecular formula is C24H30F2N2O3. The Morgan fingerprint density at radius 3 is 2.52 bits per heavy atom. The summed E-state index contributed by atoms with van der Waals surface area (Å²) in [4.78, 5) is 4.26. The molecular weight excluding hydrogens is 402 g/mol. The van der Waals surface area contributed by atoms with Crippen molar-refractivity contribution in [3.63, 3.8) is 0 Å². The van der Waals surface area contributed by atoms with E-state index in [0.29, 0.717) is 24.5 Å². The molecule has 0 spiro atoms. The van der Waals surface area contributed by atoms with E-state index < -0.39 is 12.3 Å². The summed E-state index contributed by atoms with van der Waals surface area (Å²) in [7, 11) is 1.56. The van der Waals surface area contributed by atoms with E-state index in [-0.39, 0.29) is 18.9 Å². The van der Waals surface area contributed by atoms with Gasteiger partial charge >= 0.3 is 0 Å². The number of rotatable bonds is 8. The Hall–Kier alpha value is -2.22. The maximum Gasteiger partial charge on any atom is 0.140 e. The zero-order chi connectivity index (χ0) is 21.8. The molecule has 31 heavy (non-hydrogen) atoms. The van der Waals surface area contributed by atoms with Crippen LogP contribution in [-0.2, 0) is 6.54 Å². The molecule has 2 atom stereocenters. The van der Waals surface area contributed by atoms with Gasteiger partial charge in [-0.3, -0.25) is 9.80 Å². The molecule has 5 nitrogen and oxygen atoms in total. The van der Waals surface area contributed by atoms with E-state index >= 15 is 0 Å². The second-order valence-electron chi connectivity index (χ2n) is 8.34. The zero-order valence-electron chi connectivity index (χ0n) is 17.9. The van der Waals surface area contributed by atoms with E-state index in [1.165, 1.54) is 25.0 Å². The molecule has 0 unspecified atom stereocenters. The van der Waals surface area contributed by atoms with E-state index in [1.54, 1.807) is 13.2 Å². The summed E-state index contributed by atoms with van der Waals surface area (Å²) < 4.78 is 39.3. The zero-order valence-corrected chi connectivity index (χ0v) is 17.9. The van der Waals surface area contributed by atoms with Crippen molar-refractivity contribution in [3.05, 3.63) is 47.8 Å². The minimum Gasteiger partial charge on any atom is -0.496 e. The van der Waals surface area contributed by atoms with Gasteiger partial charge in [0.05, 0.1) is 13.2 Å². The minimum atomic E-state index is -1.24. The first kappa shape index (κ1) is 22.0. The molecule has 0 radical (unpaired) electrons. The largest absolute Gasteiger partial charge is 0.496 e. The van der Waals surface area contributed by atoms with Gasteiger partial charge in [-0.1, -0.05) is 6.07 Å². The van der Waals surface area contributed by atoms with Gasteiger partial charge in [0.1, 0.15) is 30.1 Å². The number of aliphatic hydroxyl groups is 1. The number of hydrogen-bond acceptors (Lipinski definition) is 5. The van der Waals surface area contributed by atoms with Crippen molar-refractivity contribution in [1.82, 2.24) is 9.80 Å². The van der Waals surface area contributed by atoms with Gasteiger partial charge < -0.3 is 14.6 Å². The molecule has 2 aliphatic heterocycles. The topological polar surface area (TPSA) is 45.2 Å². The number of hydrogen-bond donors (Lipinski definition) is 1. The second kappa shape index (κ2) is 9.94. The number of aliphatic hydroxyl groups excluding tert-OH is 1. The lowest BCUT2D eigenvalue weighted by molar-refractivity contribution is 0.115. The number of nitrogens with zero attached hydrogens (tertiary/aromatic N) is 2. The first-order valence-electron chi connectivity index (χ1n) is 10.9. The summed E-state index contributed by atoms with van der Waals surface area (Å²) in [5.41, 5.74) is 2.33. The van der Waals surface area contributed by atoms with Crippen LogP contribution in [0.5, 0.6) is 11.5 Å². The summed E-state index contributed by atoms with van der Waals surface area (Å²) >= 11 is 0. The summed E-state index contributed by atoms with van der Waals surface area (Å²) in [6.45, 7) is 4.57. The number of ether oxygens (including phenoxy) is 2. The highest BCUT2D eigenvalue weighted by molar-refractivity contribution is 5.72. The molecule has 2 aromatic carbocycles. The molecule has 1 N–H and O–H groups in total. The van der Waals surface area contributed by atoms with Crippen molar-refractivity contribution in [1.29, 1.82) is 0 Å². The van der Waals surface area contributed by atoms with Crippen LogP contribution < -0.4 is 9.47 Å². The fourth-order valence-corrected chi connectivity index (χ4v) is 4.40. The molecule has 4 rings (SSSR count). The lowest BCUT2D eigenvalue weighted by Gasteiger charge is -2.20. The summed E-state index contributed by atoms with van der Waals surface area (Å²) in [5.74, 6) is 0.969. The van der Waals surface area contributed by atoms with Crippen LogP contribution in [0.2, 0.25) is 0 Å². The fourth-order valence-electron chi connectivity index (χ4n) is 4.40. The van der Waals surface area contributed by atoms with Crippen LogP contribution in [0.25, 0.3) is 11.1 Å². The quantitative estimate of drug-likeness (QED) is 0.692. The van der Waals surface area contributed by atoms with Crippen molar-refractivity contribution in [2.75, 3.05) is 46.4 Å². The van der Waals surface area contributed by atoms with E-state index in [0.717, 1.165) is 36.5 Å². The maximum atomic E-state index is 13.9. The number of likely N-dealkylation sites (tertiary alicyclic amines) is 2. The number of β-amino-alcohol motifs (C(OH)–C–C–N with tert-alkyl or cyclic N) is 1. The Morgan fingerprint density at radius 2 is 1.81 bits per heavy atom. The molecule has 0 saturated carbocycles. The van der Waals surface area contributed by atoms with E-state index in [4.69, 9.17) is 9.47 Å². The lowest BCUT2D eigenvalue weighted by Crippen LogP contribution is -2.25. The second-order valence-corrected chi connectivity index (χ2v) is 8.34. The maximum absolute atomic E-state index is 13.9. The van der Waals surface area contributed by atoms with Gasteiger partial charge in [-0.05, 0) is 61.8 Å². The highest BCUT2D eigenvalue weighted by atomic mass is 19.1. The van der Waals surface area contributed by atoms with Gasteiger partial charge in [0.2, 0.25) is 0 Å². The normalized spacial score (nSPS) is 22.2. The molecule has 0 bridgehead atoms. The van der Waals surface area contributed by atoms with Crippen molar-refractivity contribution in [2.45, 2.75) is 31.7 Å². The third-order valence-corrected chi connectivity index (χ3v) is 6.09. The monoisotopic (exact) mass is 432 g/mol. The predicted octanol–water partition coefficient (Wildman–Crippen LogP) is 3.49. The van der Waals surface area contributed by atoms with E-state index in [9.17, 15) is 13.9 Å². The van der Waals surface area contributed by atoms with Gasteiger partial charge in [-0.25, -0.2) is 8.78 Å². The third-order valence-electron chi connectivity index (χ3n) is 6.09. The number of halogens is 2. The van der Waals surface area contributed by atoms with Crippen molar-refractivity contribution < 1.29 is 23.4 Å². The molecule has 2 aromatic rings.